The number of anilines is 2. The second-order valence-electron chi connectivity index (χ2n) is 8.89. The minimum Gasteiger partial charge on any atom is -0.397 e. The molecule has 3 N–H and O–H groups in total. The number of hydrogen-bond donors (Lipinski definition) is 2. The number of thiophene rings is 1. The first-order chi connectivity index (χ1) is 15.5. The van der Waals surface area contributed by atoms with Gasteiger partial charge in [-0.1, -0.05) is 6.07 Å². The maximum absolute atomic E-state index is 13.0. The van der Waals surface area contributed by atoms with E-state index >= 15 is 0 Å². The second kappa shape index (κ2) is 8.67. The van der Waals surface area contributed by atoms with E-state index in [9.17, 15) is 4.79 Å². The van der Waals surface area contributed by atoms with E-state index in [0.29, 0.717) is 16.5 Å². The molecule has 168 valence electrons. The second-order valence-corrected chi connectivity index (χ2v) is 9.89. The summed E-state index contributed by atoms with van der Waals surface area (Å²) in [5.74, 6) is 1.53. The van der Waals surface area contributed by atoms with Gasteiger partial charge in [-0.25, -0.2) is 9.97 Å². The van der Waals surface area contributed by atoms with Crippen LogP contribution >= 0.6 is 11.3 Å². The van der Waals surface area contributed by atoms with Crippen molar-refractivity contribution in [3.63, 3.8) is 0 Å². The number of nitrogens with one attached hydrogen (secondary N) is 1. The Bertz CT molecular complexity index is 1160. The third kappa shape index (κ3) is 4.04. The van der Waals surface area contributed by atoms with Crippen molar-refractivity contribution in [1.29, 1.82) is 0 Å². The first-order valence-corrected chi connectivity index (χ1v) is 12.0. The number of pyridine rings is 2. The summed E-state index contributed by atoms with van der Waals surface area (Å²) in [6.07, 6.45) is 3.69. The molecule has 1 saturated heterocycles. The molecule has 5 rings (SSSR count). The molecule has 3 aromatic heterocycles. The fraction of sp³-hybridized carbons (Fsp3) is 0.458. The van der Waals surface area contributed by atoms with Crippen LogP contribution in [0.2, 0.25) is 0 Å². The van der Waals surface area contributed by atoms with Gasteiger partial charge in [0, 0.05) is 48.9 Å². The number of aryl methyl sites for hydroxylation is 2. The Hall–Kier alpha value is -2.71. The van der Waals surface area contributed by atoms with Crippen molar-refractivity contribution in [3.8, 4) is 0 Å². The third-order valence-corrected chi connectivity index (χ3v) is 7.65. The highest BCUT2D eigenvalue weighted by atomic mass is 32.1. The zero-order chi connectivity index (χ0) is 22.2. The van der Waals surface area contributed by atoms with E-state index in [0.717, 1.165) is 72.8 Å². The Morgan fingerprint density at radius 2 is 2.16 bits per heavy atom. The Morgan fingerprint density at radius 3 is 3.00 bits per heavy atom. The Morgan fingerprint density at radius 1 is 1.28 bits per heavy atom. The maximum atomic E-state index is 13.0. The molecule has 32 heavy (non-hydrogen) atoms. The summed E-state index contributed by atoms with van der Waals surface area (Å²) in [7, 11) is 1.77. The van der Waals surface area contributed by atoms with Gasteiger partial charge in [-0.05, 0) is 56.4 Å². The first-order valence-electron chi connectivity index (χ1n) is 11.2. The van der Waals surface area contributed by atoms with Crippen LogP contribution in [0.1, 0.15) is 39.5 Å². The minimum absolute atomic E-state index is 0.0832. The zero-order valence-electron chi connectivity index (χ0n) is 18.6. The maximum Gasteiger partial charge on any atom is 0.263 e. The SMILES string of the molecule is COCC1CCN(c2ccc3c(n2)CC[C@H](NC(=O)c2sc4nc(C)ccc4c2N)C3)C1. The lowest BCUT2D eigenvalue weighted by atomic mass is 9.91. The minimum atomic E-state index is -0.109. The molecule has 1 aliphatic carbocycles. The van der Waals surface area contributed by atoms with Crippen molar-refractivity contribution in [2.24, 2.45) is 5.92 Å². The van der Waals surface area contributed by atoms with Gasteiger partial charge >= 0.3 is 0 Å². The monoisotopic (exact) mass is 451 g/mol. The van der Waals surface area contributed by atoms with Crippen LogP contribution in [0.4, 0.5) is 11.5 Å². The molecule has 0 bridgehead atoms. The third-order valence-electron chi connectivity index (χ3n) is 6.54. The highest BCUT2D eigenvalue weighted by Crippen LogP contribution is 2.33. The van der Waals surface area contributed by atoms with Crippen molar-refractivity contribution in [2.45, 2.75) is 38.6 Å². The molecule has 1 aliphatic heterocycles. The number of amides is 1. The molecule has 1 amide bonds. The standard InChI is InChI=1S/C24H29N5O2S/c1-14-3-6-18-21(25)22(32-24(18)26-14)23(30)27-17-5-7-19-16(11-17)4-8-20(28-19)29-10-9-15(12-29)13-31-2/h3-4,6,8,15,17H,5,7,9-13,25H2,1-2H3,(H,27,30)/t15?,17-/m0/s1. The van der Waals surface area contributed by atoms with Gasteiger partial charge in [-0.3, -0.25) is 4.79 Å². The highest BCUT2D eigenvalue weighted by molar-refractivity contribution is 7.21. The summed E-state index contributed by atoms with van der Waals surface area (Å²) in [6, 6.07) is 8.25. The van der Waals surface area contributed by atoms with Crippen LogP contribution in [0, 0.1) is 12.8 Å². The molecule has 0 saturated carbocycles. The molecule has 4 heterocycles. The molecule has 0 aromatic carbocycles. The number of methoxy groups -OCH3 is 1. The van der Waals surface area contributed by atoms with Crippen LogP contribution in [0.25, 0.3) is 10.2 Å². The number of ether oxygens (including phenoxy) is 1. The van der Waals surface area contributed by atoms with Crippen molar-refractivity contribution >= 4 is 39.0 Å². The van der Waals surface area contributed by atoms with Crippen molar-refractivity contribution in [1.82, 2.24) is 15.3 Å². The molecular weight excluding hydrogens is 422 g/mol. The van der Waals surface area contributed by atoms with Gasteiger partial charge in [-0.15, -0.1) is 11.3 Å². The van der Waals surface area contributed by atoms with Crippen molar-refractivity contribution in [2.75, 3.05) is 37.4 Å². The number of carbonyl (C=O) groups is 1. The van der Waals surface area contributed by atoms with Gasteiger partial charge < -0.3 is 20.7 Å². The molecule has 1 unspecified atom stereocenters. The number of carbonyl (C=O) groups excluding carboxylic acids is 1. The van der Waals surface area contributed by atoms with Crippen molar-refractivity contribution < 1.29 is 9.53 Å². The van der Waals surface area contributed by atoms with Gasteiger partial charge in [0.05, 0.1) is 12.3 Å². The lowest BCUT2D eigenvalue weighted by Crippen LogP contribution is -2.39. The number of nitrogen functional groups attached to an aromatic ring is 1. The van der Waals surface area contributed by atoms with Gasteiger partial charge in [0.15, 0.2) is 0 Å². The lowest BCUT2D eigenvalue weighted by Gasteiger charge is -2.26. The summed E-state index contributed by atoms with van der Waals surface area (Å²) < 4.78 is 5.31. The van der Waals surface area contributed by atoms with E-state index in [1.54, 1.807) is 7.11 Å². The summed E-state index contributed by atoms with van der Waals surface area (Å²) in [5.41, 5.74) is 10.1. The molecule has 2 atom stereocenters. The smallest absolute Gasteiger partial charge is 0.263 e. The molecule has 0 radical (unpaired) electrons. The molecule has 0 spiro atoms. The Kier molecular flexibility index (Phi) is 5.73. The van der Waals surface area contributed by atoms with Gasteiger partial charge in [-0.2, -0.15) is 0 Å². The first kappa shape index (κ1) is 21.2. The van der Waals surface area contributed by atoms with Gasteiger partial charge in [0.1, 0.15) is 15.5 Å². The molecule has 1 fully saturated rings. The fourth-order valence-corrected chi connectivity index (χ4v) is 5.86. The number of rotatable bonds is 5. The molecule has 3 aromatic rings. The number of hydrogen-bond acceptors (Lipinski definition) is 7. The van der Waals surface area contributed by atoms with Crippen LogP contribution < -0.4 is 16.0 Å². The normalized spacial score (nSPS) is 20.5. The number of aromatic nitrogens is 2. The van der Waals surface area contributed by atoms with Crippen LogP contribution in [0.5, 0.6) is 0 Å². The van der Waals surface area contributed by atoms with Gasteiger partial charge in [0.2, 0.25) is 0 Å². The fourth-order valence-electron chi connectivity index (χ4n) is 4.82. The van der Waals surface area contributed by atoms with E-state index in [1.807, 2.05) is 19.1 Å². The van der Waals surface area contributed by atoms with E-state index in [-0.39, 0.29) is 11.9 Å². The van der Waals surface area contributed by atoms with E-state index in [2.05, 4.69) is 27.3 Å². The summed E-state index contributed by atoms with van der Waals surface area (Å²) in [5, 5.41) is 4.05. The number of nitrogens with zero attached hydrogens (tertiary/aromatic N) is 3. The number of nitrogens with two attached hydrogens (primary N) is 1. The zero-order valence-corrected chi connectivity index (χ0v) is 19.4. The van der Waals surface area contributed by atoms with E-state index in [4.69, 9.17) is 15.5 Å². The average Bonchev–Trinajstić information content (AvgIpc) is 3.38. The summed E-state index contributed by atoms with van der Waals surface area (Å²) in [6.45, 7) is 4.78. The quantitative estimate of drug-likeness (QED) is 0.618. The largest absolute Gasteiger partial charge is 0.397 e. The summed E-state index contributed by atoms with van der Waals surface area (Å²) in [4.78, 5) is 26.2. The van der Waals surface area contributed by atoms with Gasteiger partial charge in [0.25, 0.3) is 5.91 Å². The van der Waals surface area contributed by atoms with Crippen LogP contribution in [-0.4, -0.2) is 48.7 Å². The lowest BCUT2D eigenvalue weighted by molar-refractivity contribution is 0.0938. The Balaban J connectivity index is 1.26. The topological polar surface area (TPSA) is 93.4 Å². The van der Waals surface area contributed by atoms with Crippen molar-refractivity contribution in [3.05, 3.63) is 46.1 Å². The van der Waals surface area contributed by atoms with Crippen LogP contribution in [0.15, 0.2) is 24.3 Å². The average molecular weight is 452 g/mol. The molecule has 2 aliphatic rings. The summed E-state index contributed by atoms with van der Waals surface area (Å²) >= 11 is 1.37. The van der Waals surface area contributed by atoms with E-state index in [1.165, 1.54) is 16.9 Å². The predicted molar refractivity (Wildman–Crippen MR) is 128 cm³/mol. The molecule has 8 heteroatoms. The van der Waals surface area contributed by atoms with Crippen LogP contribution in [-0.2, 0) is 17.6 Å². The van der Waals surface area contributed by atoms with Crippen LogP contribution in [0.3, 0.4) is 0 Å². The predicted octanol–water partition coefficient (Wildman–Crippen LogP) is 3.34. The Labute approximate surface area is 192 Å². The highest BCUT2D eigenvalue weighted by Gasteiger charge is 2.27. The number of fused-ring (bicyclic) bond motifs is 2. The molecular formula is C24H29N5O2S. The van der Waals surface area contributed by atoms with E-state index < -0.39 is 0 Å². The molecule has 7 nitrogen and oxygen atoms in total.